The fourth-order valence-corrected chi connectivity index (χ4v) is 2.52. The molecule has 2 saturated heterocycles. The Morgan fingerprint density at radius 1 is 1.33 bits per heavy atom. The maximum atomic E-state index is 13.7. The highest BCUT2D eigenvalue weighted by Gasteiger charge is 2.45. The van der Waals surface area contributed by atoms with Gasteiger partial charge in [0.05, 0.1) is 12.6 Å². The predicted molar refractivity (Wildman–Crippen MR) is 55.3 cm³/mol. The van der Waals surface area contributed by atoms with Crippen LogP contribution in [-0.4, -0.2) is 55.6 Å². The zero-order valence-electron chi connectivity index (χ0n) is 9.10. The summed E-state index contributed by atoms with van der Waals surface area (Å²) >= 11 is 0. The predicted octanol–water partition coefficient (Wildman–Crippen LogP) is 0.277. The van der Waals surface area contributed by atoms with Gasteiger partial charge in [-0.25, -0.2) is 8.78 Å². The molecule has 0 aromatic heterocycles. The molecule has 0 aromatic carbocycles. The summed E-state index contributed by atoms with van der Waals surface area (Å²) in [5.41, 5.74) is 0. The van der Waals surface area contributed by atoms with Crippen LogP contribution < -0.4 is 10.6 Å². The summed E-state index contributed by atoms with van der Waals surface area (Å²) in [5, 5.41) is 6.04. The third-order valence-corrected chi connectivity index (χ3v) is 3.28. The minimum Gasteiger partial charge on any atom is -0.312 e. The van der Waals surface area contributed by atoms with Crippen LogP contribution in [0.25, 0.3) is 0 Å². The van der Waals surface area contributed by atoms with E-state index >= 15 is 0 Å². The van der Waals surface area contributed by atoms with Gasteiger partial charge in [0.2, 0.25) is 0 Å². The molecule has 0 aromatic rings. The van der Waals surface area contributed by atoms with Gasteiger partial charge in [-0.05, 0) is 19.9 Å². The molecule has 2 unspecified atom stereocenters. The Bertz CT molecular complexity index is 223. The Morgan fingerprint density at radius 3 is 2.80 bits per heavy atom. The molecule has 3 nitrogen and oxygen atoms in total. The number of piperidine rings is 1. The van der Waals surface area contributed by atoms with Crippen LogP contribution >= 0.6 is 0 Å². The summed E-state index contributed by atoms with van der Waals surface area (Å²) in [4.78, 5) is 1.95. The number of piperazine rings is 1. The normalized spacial score (nSPS) is 37.8. The van der Waals surface area contributed by atoms with Crippen molar-refractivity contribution in [3.8, 4) is 0 Å². The van der Waals surface area contributed by atoms with Gasteiger partial charge in [-0.3, -0.25) is 4.90 Å². The second-order valence-electron chi connectivity index (χ2n) is 4.59. The molecular weight excluding hydrogens is 200 g/mol. The maximum absolute atomic E-state index is 13.7. The Morgan fingerprint density at radius 2 is 2.13 bits per heavy atom. The van der Waals surface area contributed by atoms with Crippen LogP contribution in [0.5, 0.6) is 0 Å². The van der Waals surface area contributed by atoms with Crippen LogP contribution in [-0.2, 0) is 0 Å². The van der Waals surface area contributed by atoms with Crippen molar-refractivity contribution in [1.82, 2.24) is 15.5 Å². The van der Waals surface area contributed by atoms with Crippen molar-refractivity contribution < 1.29 is 8.78 Å². The first-order valence-corrected chi connectivity index (χ1v) is 5.65. The lowest BCUT2D eigenvalue weighted by atomic mass is 9.99. The zero-order valence-corrected chi connectivity index (χ0v) is 9.10. The number of alkyl halides is 2. The molecule has 2 atom stereocenters. The third kappa shape index (κ3) is 2.46. The van der Waals surface area contributed by atoms with Gasteiger partial charge in [-0.1, -0.05) is 0 Å². The van der Waals surface area contributed by atoms with E-state index in [1.807, 2.05) is 11.8 Å². The summed E-state index contributed by atoms with van der Waals surface area (Å²) in [6, 6.07) is -0.243. The third-order valence-electron chi connectivity index (χ3n) is 3.28. The first-order chi connectivity index (χ1) is 7.09. The molecule has 2 heterocycles. The average Bonchev–Trinajstić information content (AvgIpc) is 2.17. The van der Waals surface area contributed by atoms with Crippen molar-refractivity contribution in [1.29, 1.82) is 0 Å². The molecule has 2 aliphatic rings. The standard InChI is InChI=1S/C10H19F2N3/c1-8-6-15(5-4-14-8)9-2-3-13-7-10(9,11)12/h8-9,13-14H,2-7H2,1H3. The van der Waals surface area contributed by atoms with Gasteiger partial charge in [0.25, 0.3) is 5.92 Å². The number of halogens is 2. The van der Waals surface area contributed by atoms with Crippen molar-refractivity contribution >= 4 is 0 Å². The van der Waals surface area contributed by atoms with Gasteiger partial charge in [0.1, 0.15) is 0 Å². The second-order valence-corrected chi connectivity index (χ2v) is 4.59. The van der Waals surface area contributed by atoms with E-state index in [0.717, 1.165) is 19.6 Å². The molecule has 88 valence electrons. The first-order valence-electron chi connectivity index (χ1n) is 5.65. The number of hydrogen-bond acceptors (Lipinski definition) is 3. The quantitative estimate of drug-likeness (QED) is 0.663. The van der Waals surface area contributed by atoms with Crippen LogP contribution in [0, 0.1) is 0 Å². The molecule has 2 rings (SSSR count). The highest BCUT2D eigenvalue weighted by Crippen LogP contribution is 2.28. The number of rotatable bonds is 1. The van der Waals surface area contributed by atoms with Gasteiger partial charge in [0.15, 0.2) is 0 Å². The molecule has 2 fully saturated rings. The summed E-state index contributed by atoms with van der Waals surface area (Å²) in [6.45, 7) is 4.88. The lowest BCUT2D eigenvalue weighted by Crippen LogP contribution is -2.62. The summed E-state index contributed by atoms with van der Waals surface area (Å²) in [6.07, 6.45) is 0.555. The van der Waals surface area contributed by atoms with Gasteiger partial charge in [-0.2, -0.15) is 0 Å². The monoisotopic (exact) mass is 219 g/mol. The lowest BCUT2D eigenvalue weighted by Gasteiger charge is -2.43. The van der Waals surface area contributed by atoms with Crippen LogP contribution in [0.15, 0.2) is 0 Å². The number of hydrogen-bond donors (Lipinski definition) is 2. The molecule has 5 heteroatoms. The average molecular weight is 219 g/mol. The fourth-order valence-electron chi connectivity index (χ4n) is 2.52. The van der Waals surface area contributed by atoms with Crippen molar-refractivity contribution in [2.75, 3.05) is 32.7 Å². The van der Waals surface area contributed by atoms with Crippen molar-refractivity contribution in [3.63, 3.8) is 0 Å². The molecule has 15 heavy (non-hydrogen) atoms. The Kier molecular flexibility index (Phi) is 3.23. The number of nitrogens with zero attached hydrogens (tertiary/aromatic N) is 1. The highest BCUT2D eigenvalue weighted by atomic mass is 19.3. The molecular formula is C10H19F2N3. The van der Waals surface area contributed by atoms with Crippen molar-refractivity contribution in [3.05, 3.63) is 0 Å². The molecule has 2 aliphatic heterocycles. The van der Waals surface area contributed by atoms with Crippen LogP contribution in [0.1, 0.15) is 13.3 Å². The Balaban J connectivity index is 2.01. The smallest absolute Gasteiger partial charge is 0.275 e. The summed E-state index contributed by atoms with van der Waals surface area (Å²) in [5.74, 6) is -2.57. The Hall–Kier alpha value is -0.260. The van der Waals surface area contributed by atoms with E-state index in [2.05, 4.69) is 10.6 Å². The van der Waals surface area contributed by atoms with Crippen LogP contribution in [0.2, 0.25) is 0 Å². The minimum atomic E-state index is -2.57. The van der Waals surface area contributed by atoms with Crippen molar-refractivity contribution in [2.45, 2.75) is 31.4 Å². The molecule has 2 N–H and O–H groups in total. The van der Waals surface area contributed by atoms with Crippen molar-refractivity contribution in [2.24, 2.45) is 0 Å². The van der Waals surface area contributed by atoms with E-state index < -0.39 is 12.0 Å². The SMILES string of the molecule is CC1CN(C2CCNCC2(F)F)CCN1. The highest BCUT2D eigenvalue weighted by molar-refractivity contribution is 4.94. The lowest BCUT2D eigenvalue weighted by molar-refractivity contribution is -0.100. The number of nitrogens with one attached hydrogen (secondary N) is 2. The topological polar surface area (TPSA) is 27.3 Å². The van der Waals surface area contributed by atoms with Gasteiger partial charge >= 0.3 is 0 Å². The zero-order chi connectivity index (χ0) is 10.9. The Labute approximate surface area is 89.2 Å². The summed E-state index contributed by atoms with van der Waals surface area (Å²) in [7, 11) is 0. The van der Waals surface area contributed by atoms with Gasteiger partial charge < -0.3 is 10.6 Å². The van der Waals surface area contributed by atoms with E-state index in [-0.39, 0.29) is 6.54 Å². The molecule has 0 aliphatic carbocycles. The van der Waals surface area contributed by atoms with E-state index in [1.165, 1.54) is 0 Å². The van der Waals surface area contributed by atoms with E-state index in [4.69, 9.17) is 0 Å². The minimum absolute atomic E-state index is 0.171. The molecule has 0 radical (unpaired) electrons. The van der Waals surface area contributed by atoms with Gasteiger partial charge in [-0.15, -0.1) is 0 Å². The van der Waals surface area contributed by atoms with Gasteiger partial charge in [0, 0.05) is 25.7 Å². The fraction of sp³-hybridized carbons (Fsp3) is 1.00. The molecule has 0 spiro atoms. The second kappa shape index (κ2) is 4.31. The van der Waals surface area contributed by atoms with Crippen LogP contribution in [0.4, 0.5) is 8.78 Å². The molecule has 0 bridgehead atoms. The van der Waals surface area contributed by atoms with E-state index in [0.29, 0.717) is 19.0 Å². The first kappa shape index (κ1) is 11.2. The largest absolute Gasteiger partial charge is 0.312 e. The maximum Gasteiger partial charge on any atom is 0.275 e. The van der Waals surface area contributed by atoms with E-state index in [9.17, 15) is 8.78 Å². The summed E-state index contributed by atoms with van der Waals surface area (Å²) < 4.78 is 27.3. The molecule has 0 amide bonds. The van der Waals surface area contributed by atoms with Crippen LogP contribution in [0.3, 0.4) is 0 Å². The van der Waals surface area contributed by atoms with E-state index in [1.54, 1.807) is 0 Å². The molecule has 0 saturated carbocycles.